The van der Waals surface area contributed by atoms with Gasteiger partial charge in [-0.25, -0.2) is 0 Å². The van der Waals surface area contributed by atoms with E-state index in [4.69, 9.17) is 27.9 Å². The lowest BCUT2D eigenvalue weighted by Crippen LogP contribution is -2.18. The van der Waals surface area contributed by atoms with E-state index in [1.165, 1.54) is 16.6 Å². The lowest BCUT2D eigenvalue weighted by Gasteiger charge is -2.14. The second-order valence-corrected chi connectivity index (χ2v) is 8.05. The first-order valence-electron chi connectivity index (χ1n) is 9.89. The molecule has 6 heteroatoms. The highest BCUT2D eigenvalue weighted by Gasteiger charge is 2.21. The van der Waals surface area contributed by atoms with Crippen molar-refractivity contribution in [2.45, 2.75) is 19.4 Å². The number of halogens is 2. The molecule has 29 heavy (non-hydrogen) atoms. The smallest absolute Gasteiger partial charge is 0.145 e. The second kappa shape index (κ2) is 7.86. The van der Waals surface area contributed by atoms with Gasteiger partial charge in [0.05, 0.1) is 22.1 Å². The number of ether oxygens (including phenoxy) is 1. The van der Waals surface area contributed by atoms with E-state index in [0.717, 1.165) is 48.1 Å². The van der Waals surface area contributed by atoms with Crippen LogP contribution in [0.15, 0.2) is 48.7 Å². The van der Waals surface area contributed by atoms with Crippen molar-refractivity contribution >= 4 is 45.0 Å². The summed E-state index contributed by atoms with van der Waals surface area (Å²) in [5.74, 6) is 0.802. The molecule has 0 bridgehead atoms. The molecule has 1 aliphatic heterocycles. The number of benzene rings is 2. The molecular formula is C23H21Cl2N3O. The van der Waals surface area contributed by atoms with Crippen LogP contribution in [0, 0.1) is 0 Å². The van der Waals surface area contributed by atoms with Crippen LogP contribution in [-0.2, 0) is 19.4 Å². The van der Waals surface area contributed by atoms with E-state index < -0.39 is 0 Å². The molecule has 4 nitrogen and oxygen atoms in total. The first-order valence-corrected chi connectivity index (χ1v) is 10.6. The number of nitrogens with zero attached hydrogens (tertiary/aromatic N) is 2. The van der Waals surface area contributed by atoms with E-state index in [0.29, 0.717) is 23.2 Å². The zero-order chi connectivity index (χ0) is 19.8. The summed E-state index contributed by atoms with van der Waals surface area (Å²) in [6, 6.07) is 14.0. The molecule has 1 N–H and O–H groups in total. The number of hydrogen-bond acceptors (Lipinski definition) is 3. The molecule has 2 aromatic heterocycles. The average molecular weight is 426 g/mol. The summed E-state index contributed by atoms with van der Waals surface area (Å²) in [5.41, 5.74) is 4.60. The van der Waals surface area contributed by atoms with Crippen molar-refractivity contribution in [3.63, 3.8) is 0 Å². The Morgan fingerprint density at radius 2 is 1.90 bits per heavy atom. The minimum Gasteiger partial charge on any atom is -0.489 e. The van der Waals surface area contributed by atoms with Crippen LogP contribution < -0.4 is 10.1 Å². The Morgan fingerprint density at radius 3 is 2.83 bits per heavy atom. The Balaban J connectivity index is 1.50. The molecule has 0 aliphatic carbocycles. The van der Waals surface area contributed by atoms with E-state index in [1.807, 2.05) is 36.4 Å². The van der Waals surface area contributed by atoms with E-state index in [-0.39, 0.29) is 0 Å². The fraction of sp³-hybridized carbons (Fsp3) is 0.261. The van der Waals surface area contributed by atoms with Crippen LogP contribution in [-0.4, -0.2) is 29.2 Å². The number of hydrogen-bond donors (Lipinski definition) is 1. The van der Waals surface area contributed by atoms with Gasteiger partial charge in [0.1, 0.15) is 17.9 Å². The van der Waals surface area contributed by atoms with Gasteiger partial charge < -0.3 is 14.6 Å². The maximum absolute atomic E-state index is 6.65. The van der Waals surface area contributed by atoms with Gasteiger partial charge in [-0.15, -0.1) is 0 Å². The lowest BCUT2D eigenvalue weighted by molar-refractivity contribution is 0.301. The van der Waals surface area contributed by atoms with Crippen molar-refractivity contribution < 1.29 is 4.74 Å². The fourth-order valence-corrected chi connectivity index (χ4v) is 4.72. The Morgan fingerprint density at radius 1 is 1.03 bits per heavy atom. The maximum atomic E-state index is 6.65. The van der Waals surface area contributed by atoms with Crippen molar-refractivity contribution in [2.75, 3.05) is 19.7 Å². The van der Waals surface area contributed by atoms with Gasteiger partial charge in [-0.3, -0.25) is 4.98 Å². The van der Waals surface area contributed by atoms with Crippen LogP contribution in [0.1, 0.15) is 11.3 Å². The number of pyridine rings is 1. The quantitative estimate of drug-likeness (QED) is 0.484. The van der Waals surface area contributed by atoms with Crippen LogP contribution in [0.5, 0.6) is 5.75 Å². The standard InChI is InChI=1S/C23H21Cl2N3O/c24-18-7-6-17-16-8-11-26-12-9-19(16)28(23(17)21(18)25)13-14-29-20-5-1-3-15-4-2-10-27-22(15)20/h1-7,10,26H,8-9,11-14H2. The number of rotatable bonds is 4. The predicted molar refractivity (Wildman–Crippen MR) is 119 cm³/mol. The summed E-state index contributed by atoms with van der Waals surface area (Å²) in [6.07, 6.45) is 3.75. The highest BCUT2D eigenvalue weighted by atomic mass is 35.5. The van der Waals surface area contributed by atoms with Crippen LogP contribution in [0.2, 0.25) is 10.0 Å². The average Bonchev–Trinajstić information content (AvgIpc) is 2.89. The van der Waals surface area contributed by atoms with Gasteiger partial charge in [-0.1, -0.05) is 47.5 Å². The van der Waals surface area contributed by atoms with Gasteiger partial charge in [0, 0.05) is 35.6 Å². The predicted octanol–water partition coefficient (Wildman–Crippen LogP) is 5.26. The Hall–Kier alpha value is -2.27. The van der Waals surface area contributed by atoms with Crippen LogP contribution in [0.25, 0.3) is 21.8 Å². The first-order chi connectivity index (χ1) is 14.2. The largest absolute Gasteiger partial charge is 0.489 e. The van der Waals surface area contributed by atoms with Gasteiger partial charge in [0.2, 0.25) is 0 Å². The van der Waals surface area contributed by atoms with E-state index in [2.05, 4.69) is 20.9 Å². The summed E-state index contributed by atoms with van der Waals surface area (Å²) in [5, 5.41) is 6.97. The molecule has 0 unspecified atom stereocenters. The van der Waals surface area contributed by atoms with E-state index >= 15 is 0 Å². The Kier molecular flexibility index (Phi) is 5.08. The van der Waals surface area contributed by atoms with Crippen molar-refractivity contribution in [3.05, 3.63) is 70.0 Å². The van der Waals surface area contributed by atoms with Crippen molar-refractivity contribution in [1.82, 2.24) is 14.9 Å². The SMILES string of the molecule is Clc1ccc2c3c(n(CCOc4cccc5cccnc45)c2c1Cl)CCNCC3. The molecular weight excluding hydrogens is 405 g/mol. The molecule has 4 aromatic rings. The number of nitrogens with one attached hydrogen (secondary N) is 1. The van der Waals surface area contributed by atoms with Gasteiger partial charge in [-0.2, -0.15) is 0 Å². The summed E-state index contributed by atoms with van der Waals surface area (Å²) in [7, 11) is 0. The molecule has 0 amide bonds. The third kappa shape index (κ3) is 3.35. The Bertz CT molecular complexity index is 1200. The minimum absolute atomic E-state index is 0.530. The second-order valence-electron chi connectivity index (χ2n) is 7.26. The minimum atomic E-state index is 0.530. The third-order valence-corrected chi connectivity index (χ3v) is 6.39. The summed E-state index contributed by atoms with van der Waals surface area (Å²) in [6.45, 7) is 3.17. The zero-order valence-corrected chi connectivity index (χ0v) is 17.4. The number of aromatic nitrogens is 2. The summed E-state index contributed by atoms with van der Waals surface area (Å²) >= 11 is 13.0. The maximum Gasteiger partial charge on any atom is 0.145 e. The van der Waals surface area contributed by atoms with Gasteiger partial charge in [-0.05, 0) is 36.7 Å². The molecule has 1 aliphatic rings. The van der Waals surface area contributed by atoms with E-state index in [9.17, 15) is 0 Å². The first kappa shape index (κ1) is 18.7. The van der Waals surface area contributed by atoms with Gasteiger partial charge in [0.15, 0.2) is 0 Å². The molecule has 0 saturated heterocycles. The van der Waals surface area contributed by atoms with Crippen molar-refractivity contribution in [3.8, 4) is 5.75 Å². The summed E-state index contributed by atoms with van der Waals surface area (Å²) < 4.78 is 8.45. The topological polar surface area (TPSA) is 39.1 Å². The third-order valence-electron chi connectivity index (χ3n) is 5.60. The lowest BCUT2D eigenvalue weighted by atomic mass is 10.1. The molecule has 0 spiro atoms. The number of para-hydroxylation sites is 1. The molecule has 148 valence electrons. The van der Waals surface area contributed by atoms with Gasteiger partial charge in [0.25, 0.3) is 0 Å². The normalized spacial score (nSPS) is 14.1. The van der Waals surface area contributed by atoms with Crippen LogP contribution >= 0.6 is 23.2 Å². The number of fused-ring (bicyclic) bond motifs is 4. The van der Waals surface area contributed by atoms with Crippen molar-refractivity contribution in [1.29, 1.82) is 0 Å². The fourth-order valence-electron chi connectivity index (χ4n) is 4.30. The Labute approximate surface area is 179 Å². The van der Waals surface area contributed by atoms with Crippen LogP contribution in [0.3, 0.4) is 0 Å². The zero-order valence-electron chi connectivity index (χ0n) is 15.9. The molecule has 3 heterocycles. The molecule has 0 fully saturated rings. The summed E-state index contributed by atoms with van der Waals surface area (Å²) in [4.78, 5) is 4.48. The van der Waals surface area contributed by atoms with Gasteiger partial charge >= 0.3 is 0 Å². The molecule has 5 rings (SSSR count). The molecule has 0 atom stereocenters. The van der Waals surface area contributed by atoms with Crippen molar-refractivity contribution in [2.24, 2.45) is 0 Å². The van der Waals surface area contributed by atoms with E-state index in [1.54, 1.807) is 6.20 Å². The monoisotopic (exact) mass is 425 g/mol. The molecule has 0 radical (unpaired) electrons. The highest BCUT2D eigenvalue weighted by Crippen LogP contribution is 2.37. The molecule has 0 saturated carbocycles. The van der Waals surface area contributed by atoms with Crippen LogP contribution in [0.4, 0.5) is 0 Å². The molecule has 2 aromatic carbocycles. The highest BCUT2D eigenvalue weighted by molar-refractivity contribution is 6.45.